The fraction of sp³-hybridized carbons (Fsp3) is 0.538. The Labute approximate surface area is 192 Å². The van der Waals surface area contributed by atoms with Crippen LogP contribution in [0.25, 0.3) is 0 Å². The van der Waals surface area contributed by atoms with Crippen molar-refractivity contribution in [2.45, 2.75) is 38.1 Å². The summed E-state index contributed by atoms with van der Waals surface area (Å²) in [5, 5.41) is 2.92. The van der Waals surface area contributed by atoms with Crippen LogP contribution in [0, 0.1) is 41.4 Å². The molecule has 6 aliphatic rings. The summed E-state index contributed by atoms with van der Waals surface area (Å²) in [7, 11) is 1.33. The quantitative estimate of drug-likeness (QED) is 0.434. The number of nitrogens with zero attached hydrogens (tertiary/aromatic N) is 1. The number of amides is 3. The highest BCUT2D eigenvalue weighted by Crippen LogP contribution is 2.65. The molecule has 4 fully saturated rings. The number of hydrogen-bond donors (Lipinski definition) is 1. The Hall–Kier alpha value is -2.96. The van der Waals surface area contributed by atoms with E-state index in [0.717, 1.165) is 0 Å². The number of carbonyl (C=O) groups is 4. The first-order chi connectivity index (χ1) is 16.0. The highest BCUT2D eigenvalue weighted by Gasteiger charge is 2.67. The van der Waals surface area contributed by atoms with Crippen LogP contribution in [-0.4, -0.2) is 41.7 Å². The lowest BCUT2D eigenvalue weighted by molar-refractivity contribution is -0.144. The fourth-order valence-corrected chi connectivity index (χ4v) is 6.99. The molecule has 172 valence electrons. The molecule has 1 heterocycles. The minimum Gasteiger partial charge on any atom is -0.465 e. The molecule has 1 aromatic rings. The summed E-state index contributed by atoms with van der Waals surface area (Å²) >= 11 is 0. The first-order valence-corrected chi connectivity index (χ1v) is 12.0. The fourth-order valence-electron chi connectivity index (χ4n) is 6.99. The first kappa shape index (κ1) is 20.6. The first-order valence-electron chi connectivity index (χ1n) is 12.0. The number of carbonyl (C=O) groups excluding carboxylic acids is 4. The van der Waals surface area contributed by atoms with E-state index < -0.39 is 5.97 Å². The number of benzene rings is 1. The van der Waals surface area contributed by atoms with Gasteiger partial charge in [0.05, 0.1) is 24.5 Å². The molecule has 7 nitrogen and oxygen atoms in total. The average molecular weight is 449 g/mol. The predicted octanol–water partition coefficient (Wildman–Crippen LogP) is 3.02. The molecule has 1 N–H and O–H groups in total. The SMILES string of the molecule is COC(=O)c1ccc(NC(=O)C2CCC(N3C(=O)[C@H]4[C@@H]5C=C[C@H]([C@H]6C[C@H]56)[C@@H]4C3=O)CC2)cc1. The number of anilines is 1. The van der Waals surface area contributed by atoms with Crippen molar-refractivity contribution in [1.82, 2.24) is 4.90 Å². The zero-order valence-corrected chi connectivity index (χ0v) is 18.6. The lowest BCUT2D eigenvalue weighted by Gasteiger charge is -2.37. The Balaban J connectivity index is 1.07. The number of esters is 1. The Morgan fingerprint density at radius 3 is 2.03 bits per heavy atom. The van der Waals surface area contributed by atoms with Crippen LogP contribution in [0.5, 0.6) is 0 Å². The van der Waals surface area contributed by atoms with Gasteiger partial charge in [0.2, 0.25) is 17.7 Å². The van der Waals surface area contributed by atoms with E-state index in [1.54, 1.807) is 29.2 Å². The molecule has 3 saturated carbocycles. The molecule has 5 aliphatic carbocycles. The Kier molecular flexibility index (Phi) is 4.71. The van der Waals surface area contributed by atoms with Crippen LogP contribution in [-0.2, 0) is 19.1 Å². The second-order valence-corrected chi connectivity index (χ2v) is 10.3. The Bertz CT molecular complexity index is 1020. The van der Waals surface area contributed by atoms with Crippen molar-refractivity contribution in [3.63, 3.8) is 0 Å². The number of methoxy groups -OCH3 is 1. The summed E-state index contributed by atoms with van der Waals surface area (Å²) in [6, 6.07) is 6.52. The normalized spacial score (nSPS) is 38.0. The molecular weight excluding hydrogens is 420 g/mol. The topological polar surface area (TPSA) is 92.8 Å². The van der Waals surface area contributed by atoms with Crippen molar-refractivity contribution in [3.05, 3.63) is 42.0 Å². The van der Waals surface area contributed by atoms with E-state index in [-0.39, 0.29) is 53.4 Å². The molecule has 0 aromatic heterocycles. The lowest BCUT2D eigenvalue weighted by Crippen LogP contribution is -2.44. The van der Waals surface area contributed by atoms with E-state index in [0.29, 0.717) is 48.8 Å². The second kappa shape index (κ2) is 7.54. The molecule has 2 bridgehead atoms. The van der Waals surface area contributed by atoms with Gasteiger partial charge in [0, 0.05) is 17.6 Å². The summed E-state index contributed by atoms with van der Waals surface area (Å²) < 4.78 is 4.69. The van der Waals surface area contributed by atoms with Gasteiger partial charge in [-0.2, -0.15) is 0 Å². The smallest absolute Gasteiger partial charge is 0.337 e. The van der Waals surface area contributed by atoms with Gasteiger partial charge in [-0.3, -0.25) is 19.3 Å². The van der Waals surface area contributed by atoms with Gasteiger partial charge in [-0.1, -0.05) is 12.2 Å². The molecule has 7 heteroatoms. The van der Waals surface area contributed by atoms with E-state index in [1.165, 1.54) is 13.5 Å². The third kappa shape index (κ3) is 3.15. The monoisotopic (exact) mass is 448 g/mol. The van der Waals surface area contributed by atoms with Crippen LogP contribution >= 0.6 is 0 Å². The van der Waals surface area contributed by atoms with E-state index in [2.05, 4.69) is 17.5 Å². The molecule has 7 rings (SSSR count). The summed E-state index contributed by atoms with van der Waals surface area (Å²) in [5.41, 5.74) is 1.06. The number of hydrogen-bond acceptors (Lipinski definition) is 5. The maximum atomic E-state index is 13.3. The van der Waals surface area contributed by atoms with E-state index in [4.69, 9.17) is 4.74 Å². The summed E-state index contributed by atoms with van der Waals surface area (Å²) in [5.74, 6) is 0.864. The van der Waals surface area contributed by atoms with Crippen molar-refractivity contribution in [2.24, 2.45) is 41.4 Å². The number of rotatable bonds is 4. The Morgan fingerprint density at radius 1 is 0.909 bits per heavy atom. The summed E-state index contributed by atoms with van der Waals surface area (Å²) in [4.78, 5) is 52.6. The standard InChI is InChI=1S/C26H28N2O5/c1-33-26(32)14-2-6-15(7-3-14)27-23(29)13-4-8-16(9-5-13)28-24(30)21-17-10-11-18(20-12-19(17)20)22(21)25(28)31/h2-3,6-7,10-11,13,16-22H,4-5,8-9,12H2,1H3,(H,27,29)/t13?,16?,17-,18-,19-,20-,21+,22+/m1/s1. The van der Waals surface area contributed by atoms with Crippen LogP contribution in [0.2, 0.25) is 0 Å². The molecule has 1 saturated heterocycles. The second-order valence-electron chi connectivity index (χ2n) is 10.3. The van der Waals surface area contributed by atoms with Crippen LogP contribution in [0.4, 0.5) is 5.69 Å². The van der Waals surface area contributed by atoms with Crippen LogP contribution in [0.3, 0.4) is 0 Å². The van der Waals surface area contributed by atoms with Gasteiger partial charge in [-0.15, -0.1) is 0 Å². The number of nitrogens with one attached hydrogen (secondary N) is 1. The maximum absolute atomic E-state index is 13.3. The molecule has 3 amide bonds. The molecule has 33 heavy (non-hydrogen) atoms. The highest BCUT2D eigenvalue weighted by molar-refractivity contribution is 6.06. The van der Waals surface area contributed by atoms with E-state index in [1.807, 2.05) is 0 Å². The molecule has 1 aliphatic heterocycles. The third-order valence-corrected chi connectivity index (χ3v) is 8.70. The lowest BCUT2D eigenvalue weighted by atomic mass is 9.63. The van der Waals surface area contributed by atoms with Crippen LogP contribution in [0.15, 0.2) is 36.4 Å². The van der Waals surface area contributed by atoms with Crippen LogP contribution < -0.4 is 5.32 Å². The average Bonchev–Trinajstić information content (AvgIpc) is 3.62. The van der Waals surface area contributed by atoms with Gasteiger partial charge in [-0.05, 0) is 80.0 Å². The summed E-state index contributed by atoms with van der Waals surface area (Å²) in [6.07, 6.45) is 8.22. The third-order valence-electron chi connectivity index (χ3n) is 8.70. The number of ether oxygens (including phenoxy) is 1. The van der Waals surface area contributed by atoms with Crippen molar-refractivity contribution >= 4 is 29.4 Å². The zero-order chi connectivity index (χ0) is 22.9. The molecular formula is C26H28N2O5. The van der Waals surface area contributed by atoms with Gasteiger partial charge < -0.3 is 10.1 Å². The van der Waals surface area contributed by atoms with Gasteiger partial charge in [-0.25, -0.2) is 4.79 Å². The van der Waals surface area contributed by atoms with Crippen molar-refractivity contribution in [2.75, 3.05) is 12.4 Å². The van der Waals surface area contributed by atoms with Gasteiger partial charge in [0.25, 0.3) is 0 Å². The van der Waals surface area contributed by atoms with Crippen molar-refractivity contribution in [1.29, 1.82) is 0 Å². The van der Waals surface area contributed by atoms with Gasteiger partial charge in [0.1, 0.15) is 0 Å². The summed E-state index contributed by atoms with van der Waals surface area (Å²) in [6.45, 7) is 0. The van der Waals surface area contributed by atoms with Crippen molar-refractivity contribution in [3.8, 4) is 0 Å². The van der Waals surface area contributed by atoms with Crippen molar-refractivity contribution < 1.29 is 23.9 Å². The molecule has 6 atom stereocenters. The minimum absolute atomic E-state index is 0.0355. The molecule has 1 aromatic carbocycles. The Morgan fingerprint density at radius 2 is 1.48 bits per heavy atom. The molecule has 0 unspecified atom stereocenters. The molecule has 0 radical (unpaired) electrons. The van der Waals surface area contributed by atoms with Gasteiger partial charge in [0.15, 0.2) is 0 Å². The number of allylic oxidation sites excluding steroid dienone is 2. The van der Waals surface area contributed by atoms with E-state index >= 15 is 0 Å². The minimum atomic E-state index is -0.419. The number of likely N-dealkylation sites (tertiary alicyclic amines) is 1. The highest BCUT2D eigenvalue weighted by atomic mass is 16.5. The van der Waals surface area contributed by atoms with Crippen LogP contribution in [0.1, 0.15) is 42.5 Å². The molecule has 0 spiro atoms. The largest absolute Gasteiger partial charge is 0.465 e. The number of imide groups is 1. The maximum Gasteiger partial charge on any atom is 0.337 e. The van der Waals surface area contributed by atoms with Gasteiger partial charge >= 0.3 is 5.97 Å². The van der Waals surface area contributed by atoms with E-state index in [9.17, 15) is 19.2 Å². The zero-order valence-electron chi connectivity index (χ0n) is 18.6. The predicted molar refractivity (Wildman–Crippen MR) is 119 cm³/mol.